The Balaban J connectivity index is 1.38. The standard InChI is InChI=1S/C23H21FN4O2/c1-14(22(29)25-11-10-15-6-2-4-8-18(15)24)27-23(30)20-12-17-16-7-3-5-9-19(16)28-21(17)13-26-20/h2-9,12-14,28H,10-11H2,1H3,(H,25,29)(H,27,30). The predicted molar refractivity (Wildman–Crippen MR) is 114 cm³/mol. The van der Waals surface area contributed by atoms with Crippen molar-refractivity contribution in [1.29, 1.82) is 0 Å². The van der Waals surface area contributed by atoms with Crippen LogP contribution >= 0.6 is 0 Å². The van der Waals surface area contributed by atoms with Gasteiger partial charge in [0.2, 0.25) is 5.91 Å². The molecule has 3 N–H and O–H groups in total. The second-order valence-electron chi connectivity index (χ2n) is 7.11. The molecular formula is C23H21FN4O2. The number of H-pyrrole nitrogens is 1. The van der Waals surface area contributed by atoms with E-state index in [1.807, 2.05) is 24.3 Å². The van der Waals surface area contributed by atoms with Crippen LogP contribution in [0.4, 0.5) is 4.39 Å². The van der Waals surface area contributed by atoms with E-state index in [0.717, 1.165) is 21.8 Å². The number of aromatic nitrogens is 2. The summed E-state index contributed by atoms with van der Waals surface area (Å²) in [5, 5.41) is 7.28. The van der Waals surface area contributed by atoms with E-state index in [2.05, 4.69) is 20.6 Å². The number of hydrogen-bond donors (Lipinski definition) is 3. The third kappa shape index (κ3) is 4.00. The van der Waals surface area contributed by atoms with Crippen LogP contribution in [0.3, 0.4) is 0 Å². The molecule has 0 aliphatic carbocycles. The molecule has 7 heteroatoms. The highest BCUT2D eigenvalue weighted by Crippen LogP contribution is 2.24. The van der Waals surface area contributed by atoms with Gasteiger partial charge in [0.15, 0.2) is 0 Å². The number of fused-ring (bicyclic) bond motifs is 3. The van der Waals surface area contributed by atoms with Gasteiger partial charge in [-0.05, 0) is 37.1 Å². The first-order valence-electron chi connectivity index (χ1n) is 9.71. The third-order valence-corrected chi connectivity index (χ3v) is 5.02. The van der Waals surface area contributed by atoms with Crippen LogP contribution in [0.1, 0.15) is 23.0 Å². The van der Waals surface area contributed by atoms with Gasteiger partial charge in [0.05, 0.1) is 11.7 Å². The van der Waals surface area contributed by atoms with E-state index >= 15 is 0 Å². The Hall–Kier alpha value is -3.74. The Labute approximate surface area is 172 Å². The number of nitrogens with one attached hydrogen (secondary N) is 3. The van der Waals surface area contributed by atoms with Crippen molar-refractivity contribution < 1.29 is 14.0 Å². The molecule has 2 heterocycles. The van der Waals surface area contributed by atoms with Gasteiger partial charge in [0.25, 0.3) is 5.91 Å². The van der Waals surface area contributed by atoms with Crippen LogP contribution in [0.2, 0.25) is 0 Å². The van der Waals surface area contributed by atoms with E-state index in [1.54, 1.807) is 37.4 Å². The molecule has 1 unspecified atom stereocenters. The number of hydrogen-bond acceptors (Lipinski definition) is 3. The summed E-state index contributed by atoms with van der Waals surface area (Å²) >= 11 is 0. The molecule has 0 bridgehead atoms. The van der Waals surface area contributed by atoms with E-state index in [4.69, 9.17) is 0 Å². The highest BCUT2D eigenvalue weighted by atomic mass is 19.1. The number of rotatable bonds is 6. The molecule has 0 saturated carbocycles. The van der Waals surface area contributed by atoms with Crippen molar-refractivity contribution in [1.82, 2.24) is 20.6 Å². The number of benzene rings is 2. The maximum atomic E-state index is 13.6. The van der Waals surface area contributed by atoms with Crippen molar-refractivity contribution in [2.24, 2.45) is 0 Å². The van der Waals surface area contributed by atoms with E-state index < -0.39 is 11.9 Å². The number of pyridine rings is 1. The fourth-order valence-corrected chi connectivity index (χ4v) is 3.38. The maximum absolute atomic E-state index is 13.6. The molecule has 1 atom stereocenters. The molecule has 30 heavy (non-hydrogen) atoms. The average molecular weight is 404 g/mol. The lowest BCUT2D eigenvalue weighted by molar-refractivity contribution is -0.122. The summed E-state index contributed by atoms with van der Waals surface area (Å²) in [5.41, 5.74) is 2.57. The minimum absolute atomic E-state index is 0.234. The molecule has 0 spiro atoms. The number of amides is 2. The first kappa shape index (κ1) is 19.6. The Morgan fingerprint density at radius 2 is 1.83 bits per heavy atom. The fraction of sp³-hybridized carbons (Fsp3) is 0.174. The molecular weight excluding hydrogens is 383 g/mol. The molecule has 4 aromatic rings. The minimum atomic E-state index is -0.751. The maximum Gasteiger partial charge on any atom is 0.270 e. The van der Waals surface area contributed by atoms with Gasteiger partial charge >= 0.3 is 0 Å². The molecule has 2 aromatic heterocycles. The first-order valence-corrected chi connectivity index (χ1v) is 9.71. The summed E-state index contributed by atoms with van der Waals surface area (Å²) in [5.74, 6) is -1.07. The third-order valence-electron chi connectivity index (χ3n) is 5.02. The van der Waals surface area contributed by atoms with Crippen LogP contribution in [0.25, 0.3) is 21.8 Å². The number of para-hydroxylation sites is 1. The normalized spacial score (nSPS) is 12.1. The van der Waals surface area contributed by atoms with Crippen LogP contribution in [0, 0.1) is 5.82 Å². The molecule has 0 aliphatic rings. The number of nitrogens with zero attached hydrogens (tertiary/aromatic N) is 1. The van der Waals surface area contributed by atoms with Crippen LogP contribution in [0.5, 0.6) is 0 Å². The topological polar surface area (TPSA) is 86.9 Å². The van der Waals surface area contributed by atoms with Crippen LogP contribution in [-0.2, 0) is 11.2 Å². The average Bonchev–Trinajstić information content (AvgIpc) is 3.12. The summed E-state index contributed by atoms with van der Waals surface area (Å²) in [6.07, 6.45) is 1.99. The highest BCUT2D eigenvalue weighted by Gasteiger charge is 2.18. The van der Waals surface area contributed by atoms with Gasteiger partial charge in [-0.1, -0.05) is 36.4 Å². The van der Waals surface area contributed by atoms with Gasteiger partial charge in [0.1, 0.15) is 17.6 Å². The van der Waals surface area contributed by atoms with E-state index in [9.17, 15) is 14.0 Å². The number of aromatic amines is 1. The minimum Gasteiger partial charge on any atom is -0.354 e. The molecule has 152 valence electrons. The van der Waals surface area contributed by atoms with Crippen LogP contribution < -0.4 is 10.6 Å². The molecule has 0 saturated heterocycles. The van der Waals surface area contributed by atoms with Crippen molar-refractivity contribution in [3.8, 4) is 0 Å². The van der Waals surface area contributed by atoms with Gasteiger partial charge in [-0.25, -0.2) is 9.37 Å². The monoisotopic (exact) mass is 404 g/mol. The van der Waals surface area contributed by atoms with Crippen molar-refractivity contribution in [2.45, 2.75) is 19.4 Å². The molecule has 2 amide bonds. The Morgan fingerprint density at radius 1 is 1.07 bits per heavy atom. The van der Waals surface area contributed by atoms with E-state index in [-0.39, 0.29) is 24.0 Å². The second-order valence-corrected chi connectivity index (χ2v) is 7.11. The largest absolute Gasteiger partial charge is 0.354 e. The van der Waals surface area contributed by atoms with E-state index in [1.165, 1.54) is 6.07 Å². The number of carbonyl (C=O) groups excluding carboxylic acids is 2. The fourth-order valence-electron chi connectivity index (χ4n) is 3.38. The number of carbonyl (C=O) groups is 2. The van der Waals surface area contributed by atoms with Gasteiger partial charge in [-0.15, -0.1) is 0 Å². The molecule has 0 fully saturated rings. The number of halogens is 1. The molecule has 0 radical (unpaired) electrons. The van der Waals surface area contributed by atoms with E-state index in [0.29, 0.717) is 12.0 Å². The summed E-state index contributed by atoms with van der Waals surface area (Å²) in [6.45, 7) is 1.88. The van der Waals surface area contributed by atoms with Crippen LogP contribution in [-0.4, -0.2) is 34.4 Å². The Kier molecular flexibility index (Phi) is 5.43. The Bertz CT molecular complexity index is 1230. The van der Waals surface area contributed by atoms with Crippen molar-refractivity contribution >= 4 is 33.6 Å². The molecule has 6 nitrogen and oxygen atoms in total. The lowest BCUT2D eigenvalue weighted by atomic mass is 10.1. The smallest absolute Gasteiger partial charge is 0.270 e. The Morgan fingerprint density at radius 3 is 2.67 bits per heavy atom. The summed E-state index contributed by atoms with van der Waals surface area (Å²) in [6, 6.07) is 15.2. The lowest BCUT2D eigenvalue weighted by Crippen LogP contribution is -2.45. The highest BCUT2D eigenvalue weighted by molar-refractivity contribution is 6.09. The molecule has 2 aromatic carbocycles. The van der Waals surface area contributed by atoms with Crippen molar-refractivity contribution in [3.63, 3.8) is 0 Å². The molecule has 4 rings (SSSR count). The quantitative estimate of drug-likeness (QED) is 0.461. The molecule has 0 aliphatic heterocycles. The van der Waals surface area contributed by atoms with Crippen molar-refractivity contribution in [2.75, 3.05) is 6.54 Å². The van der Waals surface area contributed by atoms with Gasteiger partial charge in [-0.3, -0.25) is 9.59 Å². The van der Waals surface area contributed by atoms with Crippen LogP contribution in [0.15, 0.2) is 60.8 Å². The zero-order valence-electron chi connectivity index (χ0n) is 16.4. The lowest BCUT2D eigenvalue weighted by Gasteiger charge is -2.14. The SMILES string of the molecule is CC(NC(=O)c1cc2c(cn1)[nH]c1ccccc12)C(=O)NCCc1ccccc1F. The summed E-state index contributed by atoms with van der Waals surface area (Å²) < 4.78 is 13.6. The summed E-state index contributed by atoms with van der Waals surface area (Å²) in [7, 11) is 0. The second kappa shape index (κ2) is 8.32. The summed E-state index contributed by atoms with van der Waals surface area (Å²) in [4.78, 5) is 32.3. The van der Waals surface area contributed by atoms with Gasteiger partial charge in [-0.2, -0.15) is 0 Å². The van der Waals surface area contributed by atoms with Crippen molar-refractivity contribution in [3.05, 3.63) is 77.9 Å². The van der Waals surface area contributed by atoms with Gasteiger partial charge in [0, 0.05) is 22.8 Å². The predicted octanol–water partition coefficient (Wildman–Crippen LogP) is 3.33. The first-order chi connectivity index (χ1) is 14.5. The van der Waals surface area contributed by atoms with Gasteiger partial charge < -0.3 is 15.6 Å². The zero-order valence-corrected chi connectivity index (χ0v) is 16.4. The zero-order chi connectivity index (χ0) is 21.1.